The van der Waals surface area contributed by atoms with Crippen molar-refractivity contribution in [2.45, 2.75) is 18.4 Å². The summed E-state index contributed by atoms with van der Waals surface area (Å²) in [5, 5.41) is 9.79. The second kappa shape index (κ2) is 6.20. The molecule has 2 N–H and O–H groups in total. The highest BCUT2D eigenvalue weighted by atomic mass is 32.2. The van der Waals surface area contributed by atoms with Gasteiger partial charge in [0, 0.05) is 30.9 Å². The van der Waals surface area contributed by atoms with Crippen LogP contribution in [0.15, 0.2) is 35.4 Å². The summed E-state index contributed by atoms with van der Waals surface area (Å²) in [7, 11) is 3.12. The lowest BCUT2D eigenvalue weighted by Crippen LogP contribution is -2.28. The van der Waals surface area contributed by atoms with E-state index in [0.717, 1.165) is 33.0 Å². The zero-order valence-corrected chi connectivity index (χ0v) is 13.6. The van der Waals surface area contributed by atoms with Crippen molar-refractivity contribution >= 4 is 36.0 Å². The normalized spacial score (nSPS) is 13.2. The molecule has 1 aliphatic rings. The number of hydrogen-bond acceptors (Lipinski definition) is 6. The summed E-state index contributed by atoms with van der Waals surface area (Å²) in [6.07, 6.45) is 1.84. The molecule has 1 aromatic heterocycles. The van der Waals surface area contributed by atoms with E-state index in [0.29, 0.717) is 6.61 Å². The molecule has 0 unspecified atom stereocenters. The number of fused-ring (bicyclic) bond motifs is 1. The molecule has 0 fully saturated rings. The summed E-state index contributed by atoms with van der Waals surface area (Å²) in [6.45, 7) is 2.52. The lowest BCUT2D eigenvalue weighted by molar-refractivity contribution is 0.275. The maximum absolute atomic E-state index is 9.79. The van der Waals surface area contributed by atoms with E-state index >= 15 is 0 Å². The van der Waals surface area contributed by atoms with E-state index in [9.17, 15) is 5.02 Å². The average Bonchev–Trinajstić information content (AvgIpc) is 2.86. The van der Waals surface area contributed by atoms with E-state index in [1.807, 2.05) is 50.3 Å². The van der Waals surface area contributed by atoms with Gasteiger partial charge in [-0.2, -0.15) is 0 Å². The van der Waals surface area contributed by atoms with Crippen LogP contribution in [-0.4, -0.2) is 31.2 Å². The van der Waals surface area contributed by atoms with Crippen molar-refractivity contribution in [3.8, 4) is 0 Å². The zero-order chi connectivity index (χ0) is 15.7. The highest BCUT2D eigenvalue weighted by Gasteiger charge is 2.28. The fraction of sp³-hybridized carbons (Fsp3) is 0.267. The highest BCUT2D eigenvalue weighted by Crippen LogP contribution is 2.25. The van der Waals surface area contributed by atoms with Crippen LogP contribution in [0.2, 0.25) is 0 Å². The standard InChI is InChI=1S/C15H18BN3O2S/c1-10-6-11-9-21-16(20)13(11)7-14(10)18-22-12-4-5-15(17-8-12)19(2)3/h4-8,18,20H,9H2,1-3H3. The Balaban J connectivity index is 1.72. The van der Waals surface area contributed by atoms with Crippen LogP contribution in [-0.2, 0) is 11.3 Å². The predicted octanol–water partition coefficient (Wildman–Crippen LogP) is 1.79. The lowest BCUT2D eigenvalue weighted by Gasteiger charge is -2.13. The first-order chi connectivity index (χ1) is 10.5. The van der Waals surface area contributed by atoms with Crippen molar-refractivity contribution in [1.82, 2.24) is 4.98 Å². The monoisotopic (exact) mass is 315 g/mol. The van der Waals surface area contributed by atoms with Crippen molar-refractivity contribution in [1.29, 1.82) is 0 Å². The molecule has 5 nitrogen and oxygen atoms in total. The topological polar surface area (TPSA) is 57.6 Å². The van der Waals surface area contributed by atoms with Crippen molar-refractivity contribution in [2.75, 3.05) is 23.7 Å². The third-order valence-corrected chi connectivity index (χ3v) is 4.41. The van der Waals surface area contributed by atoms with Gasteiger partial charge in [0.05, 0.1) is 6.61 Å². The minimum Gasteiger partial charge on any atom is -0.423 e. The number of pyridine rings is 1. The molecule has 0 atom stereocenters. The number of hydrogen-bond donors (Lipinski definition) is 2. The molecule has 1 aliphatic heterocycles. The summed E-state index contributed by atoms with van der Waals surface area (Å²) in [4.78, 5) is 7.38. The van der Waals surface area contributed by atoms with Gasteiger partial charge in [0.1, 0.15) is 5.82 Å². The second-order valence-electron chi connectivity index (χ2n) is 5.48. The molecular formula is C15H18BN3O2S. The van der Waals surface area contributed by atoms with Crippen molar-refractivity contribution in [3.05, 3.63) is 41.6 Å². The smallest absolute Gasteiger partial charge is 0.423 e. The summed E-state index contributed by atoms with van der Waals surface area (Å²) in [5.74, 6) is 0.929. The molecule has 1 aromatic carbocycles. The SMILES string of the molecule is Cc1cc2c(cc1NSc1ccc(N(C)C)nc1)B(O)OC2. The Hall–Kier alpha value is -1.70. The Bertz CT molecular complexity index is 679. The molecule has 0 radical (unpaired) electrons. The molecule has 0 bridgehead atoms. The average molecular weight is 315 g/mol. The maximum atomic E-state index is 9.79. The van der Waals surface area contributed by atoms with Gasteiger partial charge in [-0.25, -0.2) is 4.98 Å². The number of aryl methyl sites for hydroxylation is 1. The molecule has 114 valence electrons. The van der Waals surface area contributed by atoms with Crippen LogP contribution in [0.3, 0.4) is 0 Å². The van der Waals surface area contributed by atoms with E-state index in [-0.39, 0.29) is 0 Å². The van der Waals surface area contributed by atoms with Gasteiger partial charge < -0.3 is 19.3 Å². The Kier molecular flexibility index (Phi) is 4.29. The molecular weight excluding hydrogens is 297 g/mol. The van der Waals surface area contributed by atoms with E-state index in [1.54, 1.807) is 0 Å². The number of benzene rings is 1. The predicted molar refractivity (Wildman–Crippen MR) is 91.6 cm³/mol. The third kappa shape index (κ3) is 3.06. The first-order valence-electron chi connectivity index (χ1n) is 7.04. The van der Waals surface area contributed by atoms with Gasteiger partial charge in [0.15, 0.2) is 0 Å². The molecule has 2 heterocycles. The summed E-state index contributed by atoms with van der Waals surface area (Å²) >= 11 is 1.50. The second-order valence-corrected chi connectivity index (χ2v) is 6.36. The van der Waals surface area contributed by atoms with Gasteiger partial charge in [-0.15, -0.1) is 0 Å². The summed E-state index contributed by atoms with van der Waals surface area (Å²) in [5.41, 5.74) is 4.00. The van der Waals surface area contributed by atoms with Crippen LogP contribution in [0.4, 0.5) is 11.5 Å². The third-order valence-electron chi connectivity index (χ3n) is 3.61. The van der Waals surface area contributed by atoms with Gasteiger partial charge in [-0.05, 0) is 53.7 Å². The van der Waals surface area contributed by atoms with E-state index in [4.69, 9.17) is 4.65 Å². The number of rotatable bonds is 4. The minimum absolute atomic E-state index is 0.473. The van der Waals surface area contributed by atoms with Crippen LogP contribution in [0.25, 0.3) is 0 Å². The Morgan fingerprint density at radius 1 is 1.36 bits per heavy atom. The molecule has 0 aliphatic carbocycles. The van der Waals surface area contributed by atoms with Gasteiger partial charge in [-0.1, -0.05) is 6.07 Å². The summed E-state index contributed by atoms with van der Waals surface area (Å²) < 4.78 is 8.56. The van der Waals surface area contributed by atoms with Crippen LogP contribution in [0.5, 0.6) is 0 Å². The van der Waals surface area contributed by atoms with Gasteiger partial charge in [0.2, 0.25) is 0 Å². The van der Waals surface area contributed by atoms with Crippen LogP contribution < -0.4 is 15.1 Å². The molecule has 0 saturated heterocycles. The number of nitrogens with zero attached hydrogens (tertiary/aromatic N) is 2. The number of aromatic nitrogens is 1. The van der Waals surface area contributed by atoms with Crippen molar-refractivity contribution in [2.24, 2.45) is 0 Å². The zero-order valence-electron chi connectivity index (χ0n) is 12.8. The number of anilines is 2. The first kappa shape index (κ1) is 15.2. The quantitative estimate of drug-likeness (QED) is 0.663. The maximum Gasteiger partial charge on any atom is 0.491 e. The van der Waals surface area contributed by atoms with Gasteiger partial charge in [0.25, 0.3) is 0 Å². The van der Waals surface area contributed by atoms with E-state index in [1.165, 1.54) is 11.9 Å². The molecule has 3 rings (SSSR count). The highest BCUT2D eigenvalue weighted by molar-refractivity contribution is 8.00. The van der Waals surface area contributed by atoms with Crippen LogP contribution in [0, 0.1) is 6.92 Å². The Morgan fingerprint density at radius 3 is 2.86 bits per heavy atom. The number of nitrogens with one attached hydrogen (secondary N) is 1. The Morgan fingerprint density at radius 2 is 2.18 bits per heavy atom. The van der Waals surface area contributed by atoms with Crippen LogP contribution in [0.1, 0.15) is 11.1 Å². The van der Waals surface area contributed by atoms with E-state index in [2.05, 4.69) is 15.8 Å². The molecule has 0 spiro atoms. The fourth-order valence-electron chi connectivity index (χ4n) is 2.32. The van der Waals surface area contributed by atoms with Crippen LogP contribution >= 0.6 is 11.9 Å². The molecule has 22 heavy (non-hydrogen) atoms. The lowest BCUT2D eigenvalue weighted by atomic mass is 9.79. The molecule has 0 saturated carbocycles. The fourth-order valence-corrected chi connectivity index (χ4v) is 3.01. The molecule has 0 amide bonds. The molecule has 2 aromatic rings. The first-order valence-corrected chi connectivity index (χ1v) is 7.85. The largest absolute Gasteiger partial charge is 0.491 e. The van der Waals surface area contributed by atoms with E-state index < -0.39 is 7.12 Å². The molecule has 7 heteroatoms. The Labute approximate surface area is 135 Å². The van der Waals surface area contributed by atoms with Crippen molar-refractivity contribution in [3.63, 3.8) is 0 Å². The van der Waals surface area contributed by atoms with Gasteiger partial charge in [-0.3, -0.25) is 0 Å². The van der Waals surface area contributed by atoms with Gasteiger partial charge >= 0.3 is 7.12 Å². The summed E-state index contributed by atoms with van der Waals surface area (Å²) in [6, 6.07) is 8.02. The minimum atomic E-state index is -0.817. The van der Waals surface area contributed by atoms with Crippen molar-refractivity contribution < 1.29 is 9.68 Å².